The Bertz CT molecular complexity index is 1320. The number of nitrogens with one attached hydrogen (secondary N) is 1. The average molecular weight is 481 g/mol. The maximum Gasteiger partial charge on any atom is 0.265 e. The number of piperazine rings is 1. The van der Waals surface area contributed by atoms with Crippen LogP contribution in [0, 0.1) is 11.3 Å². The number of nitriles is 1. The fourth-order valence-electron chi connectivity index (χ4n) is 3.60. The predicted octanol–water partition coefficient (Wildman–Crippen LogP) is 3.02. The zero-order valence-electron chi connectivity index (χ0n) is 17.5. The number of carbonyl (C=O) groups is 2. The zero-order valence-corrected chi connectivity index (χ0v) is 19.1. The lowest BCUT2D eigenvalue weighted by Gasteiger charge is -2.34. The van der Waals surface area contributed by atoms with Crippen LogP contribution >= 0.6 is 11.3 Å². The van der Waals surface area contributed by atoms with Gasteiger partial charge in [0.15, 0.2) is 0 Å². The van der Waals surface area contributed by atoms with E-state index in [0.717, 1.165) is 0 Å². The Morgan fingerprint density at radius 3 is 2.33 bits per heavy atom. The second-order valence-electron chi connectivity index (χ2n) is 7.28. The monoisotopic (exact) mass is 480 g/mol. The summed E-state index contributed by atoms with van der Waals surface area (Å²) < 4.78 is 27.3. The number of anilines is 1. The van der Waals surface area contributed by atoms with Gasteiger partial charge in [-0.05, 0) is 35.7 Å². The third kappa shape index (κ3) is 4.66. The zero-order chi connectivity index (χ0) is 23.4. The highest BCUT2D eigenvalue weighted by Gasteiger charge is 2.32. The van der Waals surface area contributed by atoms with E-state index in [-0.39, 0.29) is 48.5 Å². The fraction of sp³-hybridized carbons (Fsp3) is 0.174. The first-order chi connectivity index (χ1) is 15.9. The molecule has 168 valence electrons. The average Bonchev–Trinajstić information content (AvgIpc) is 3.39. The quantitative estimate of drug-likeness (QED) is 0.604. The molecule has 3 aromatic rings. The highest BCUT2D eigenvalue weighted by atomic mass is 32.2. The molecule has 0 bridgehead atoms. The third-order valence-corrected chi connectivity index (χ3v) is 8.13. The van der Waals surface area contributed by atoms with Crippen LogP contribution in [-0.2, 0) is 10.0 Å². The van der Waals surface area contributed by atoms with E-state index in [1.165, 1.54) is 27.8 Å². The van der Waals surface area contributed by atoms with Crippen molar-refractivity contribution in [3.63, 3.8) is 0 Å². The predicted molar refractivity (Wildman–Crippen MR) is 125 cm³/mol. The molecule has 0 aliphatic carbocycles. The fourth-order valence-corrected chi connectivity index (χ4v) is 5.78. The van der Waals surface area contributed by atoms with Crippen LogP contribution in [0.2, 0.25) is 0 Å². The number of thiophene rings is 1. The molecule has 2 aromatic carbocycles. The topological polar surface area (TPSA) is 111 Å². The first-order valence-electron chi connectivity index (χ1n) is 10.1. The molecule has 2 heterocycles. The summed E-state index contributed by atoms with van der Waals surface area (Å²) in [5.74, 6) is -0.580. The number of nitrogens with zero attached hydrogens (tertiary/aromatic N) is 3. The van der Waals surface area contributed by atoms with Crippen molar-refractivity contribution < 1.29 is 18.0 Å². The molecule has 0 saturated carbocycles. The SMILES string of the molecule is N#Cc1ccccc1S(=O)(=O)N1CCN(C(=O)c2ccccc2NC(=O)c2cccs2)CC1. The van der Waals surface area contributed by atoms with Gasteiger partial charge in [0.2, 0.25) is 10.0 Å². The summed E-state index contributed by atoms with van der Waals surface area (Å²) in [5.41, 5.74) is 0.832. The molecule has 0 atom stereocenters. The van der Waals surface area contributed by atoms with Crippen molar-refractivity contribution in [2.75, 3.05) is 31.5 Å². The molecule has 0 spiro atoms. The van der Waals surface area contributed by atoms with Crippen molar-refractivity contribution >= 4 is 38.9 Å². The molecule has 1 aromatic heterocycles. The molecule has 10 heteroatoms. The van der Waals surface area contributed by atoms with E-state index in [1.807, 2.05) is 6.07 Å². The number of amides is 2. The minimum atomic E-state index is -3.85. The smallest absolute Gasteiger partial charge is 0.265 e. The standard InChI is InChI=1S/C23H20N4O4S2/c24-16-17-6-1-4-10-21(17)33(30,31)27-13-11-26(12-14-27)23(29)18-7-2-3-8-19(18)25-22(28)20-9-5-15-32-20/h1-10,15H,11-14H2,(H,25,28). The Labute approximate surface area is 195 Å². The minimum Gasteiger partial charge on any atom is -0.336 e. The Morgan fingerprint density at radius 2 is 1.64 bits per heavy atom. The lowest BCUT2D eigenvalue weighted by Crippen LogP contribution is -2.50. The van der Waals surface area contributed by atoms with E-state index < -0.39 is 10.0 Å². The van der Waals surface area contributed by atoms with Gasteiger partial charge < -0.3 is 10.2 Å². The van der Waals surface area contributed by atoms with Gasteiger partial charge in [-0.15, -0.1) is 11.3 Å². The second kappa shape index (κ2) is 9.54. The molecule has 2 amide bonds. The van der Waals surface area contributed by atoms with Crippen molar-refractivity contribution in [1.29, 1.82) is 5.26 Å². The summed E-state index contributed by atoms with van der Waals surface area (Å²) in [6, 6.07) is 18.2. The Balaban J connectivity index is 1.47. The number of carbonyl (C=O) groups excluding carboxylic acids is 2. The summed E-state index contributed by atoms with van der Waals surface area (Å²) in [5, 5.41) is 13.8. The van der Waals surface area contributed by atoms with E-state index in [0.29, 0.717) is 16.1 Å². The van der Waals surface area contributed by atoms with E-state index in [1.54, 1.807) is 58.8 Å². The molecule has 1 saturated heterocycles. The van der Waals surface area contributed by atoms with E-state index >= 15 is 0 Å². The lowest BCUT2D eigenvalue weighted by atomic mass is 10.1. The normalized spacial score (nSPS) is 14.5. The van der Waals surface area contributed by atoms with Gasteiger partial charge in [-0.2, -0.15) is 9.57 Å². The van der Waals surface area contributed by atoms with Crippen molar-refractivity contribution in [3.8, 4) is 6.07 Å². The maximum atomic E-state index is 13.2. The van der Waals surface area contributed by atoms with Gasteiger partial charge in [0.1, 0.15) is 6.07 Å². The number of benzene rings is 2. The maximum absolute atomic E-state index is 13.2. The van der Waals surface area contributed by atoms with Gasteiger partial charge in [-0.1, -0.05) is 30.3 Å². The number of hydrogen-bond acceptors (Lipinski definition) is 6. The molecule has 1 aliphatic rings. The summed E-state index contributed by atoms with van der Waals surface area (Å²) >= 11 is 1.31. The summed E-state index contributed by atoms with van der Waals surface area (Å²) in [6.07, 6.45) is 0. The number of para-hydroxylation sites is 1. The lowest BCUT2D eigenvalue weighted by molar-refractivity contribution is 0.0699. The van der Waals surface area contributed by atoms with Crippen LogP contribution in [0.5, 0.6) is 0 Å². The van der Waals surface area contributed by atoms with E-state index in [9.17, 15) is 23.3 Å². The third-order valence-electron chi connectivity index (χ3n) is 5.30. The summed E-state index contributed by atoms with van der Waals surface area (Å²) in [6.45, 7) is 0.606. The van der Waals surface area contributed by atoms with Crippen LogP contribution < -0.4 is 5.32 Å². The number of hydrogen-bond donors (Lipinski definition) is 1. The van der Waals surface area contributed by atoms with Crippen molar-refractivity contribution in [1.82, 2.24) is 9.21 Å². The number of rotatable bonds is 5. The van der Waals surface area contributed by atoms with Gasteiger partial charge in [-0.3, -0.25) is 9.59 Å². The van der Waals surface area contributed by atoms with Gasteiger partial charge >= 0.3 is 0 Å². The van der Waals surface area contributed by atoms with Gasteiger partial charge in [0.25, 0.3) is 11.8 Å². The van der Waals surface area contributed by atoms with Gasteiger partial charge in [0.05, 0.1) is 26.6 Å². The van der Waals surface area contributed by atoms with Crippen molar-refractivity contribution in [3.05, 3.63) is 82.0 Å². The molecule has 0 unspecified atom stereocenters. The Kier molecular flexibility index (Phi) is 6.55. The molecular weight excluding hydrogens is 460 g/mol. The molecular formula is C23H20N4O4S2. The minimum absolute atomic E-state index is 0.0334. The van der Waals surface area contributed by atoms with Crippen molar-refractivity contribution in [2.45, 2.75) is 4.90 Å². The van der Waals surface area contributed by atoms with Crippen LogP contribution in [0.3, 0.4) is 0 Å². The first-order valence-corrected chi connectivity index (χ1v) is 12.5. The Morgan fingerprint density at radius 1 is 0.939 bits per heavy atom. The van der Waals surface area contributed by atoms with Crippen LogP contribution in [0.15, 0.2) is 70.9 Å². The number of sulfonamides is 1. The highest BCUT2D eigenvalue weighted by molar-refractivity contribution is 7.89. The summed E-state index contributed by atoms with van der Waals surface area (Å²) in [4.78, 5) is 27.7. The van der Waals surface area contributed by atoms with E-state index in [4.69, 9.17) is 0 Å². The van der Waals surface area contributed by atoms with Gasteiger partial charge in [0, 0.05) is 26.2 Å². The van der Waals surface area contributed by atoms with Crippen LogP contribution in [-0.4, -0.2) is 55.6 Å². The molecule has 4 rings (SSSR count). The Hall–Kier alpha value is -3.52. The molecule has 0 radical (unpaired) electrons. The molecule has 8 nitrogen and oxygen atoms in total. The molecule has 1 aliphatic heterocycles. The van der Waals surface area contributed by atoms with Crippen LogP contribution in [0.25, 0.3) is 0 Å². The largest absolute Gasteiger partial charge is 0.336 e. The van der Waals surface area contributed by atoms with E-state index in [2.05, 4.69) is 5.32 Å². The highest BCUT2D eigenvalue weighted by Crippen LogP contribution is 2.23. The van der Waals surface area contributed by atoms with Crippen LogP contribution in [0.4, 0.5) is 5.69 Å². The molecule has 33 heavy (non-hydrogen) atoms. The van der Waals surface area contributed by atoms with Crippen LogP contribution in [0.1, 0.15) is 25.6 Å². The van der Waals surface area contributed by atoms with Gasteiger partial charge in [-0.25, -0.2) is 8.42 Å². The first kappa shape index (κ1) is 22.7. The molecule has 1 fully saturated rings. The second-order valence-corrected chi connectivity index (χ2v) is 10.1. The molecule has 1 N–H and O–H groups in total. The summed E-state index contributed by atoms with van der Waals surface area (Å²) in [7, 11) is -3.85. The van der Waals surface area contributed by atoms with Crippen molar-refractivity contribution in [2.24, 2.45) is 0 Å².